The summed E-state index contributed by atoms with van der Waals surface area (Å²) < 4.78 is 0. The van der Waals surface area contributed by atoms with Gasteiger partial charge in [-0.05, 0) is 31.5 Å². The number of piperazine rings is 1. The van der Waals surface area contributed by atoms with Crippen molar-refractivity contribution in [3.63, 3.8) is 0 Å². The summed E-state index contributed by atoms with van der Waals surface area (Å²) >= 11 is 0. The van der Waals surface area contributed by atoms with Crippen LogP contribution in [0.5, 0.6) is 0 Å². The van der Waals surface area contributed by atoms with E-state index in [0.717, 1.165) is 38.3 Å². The number of nitrogens with two attached hydrogens (primary N) is 1. The molecule has 2 N–H and O–H groups in total. The molecule has 1 fully saturated rings. The first-order chi connectivity index (χ1) is 9.76. The molecule has 1 aromatic rings. The zero-order valence-electron chi connectivity index (χ0n) is 12.8. The highest BCUT2D eigenvalue weighted by atomic mass is 15.3. The summed E-state index contributed by atoms with van der Waals surface area (Å²) in [7, 11) is 0. The fraction of sp³-hybridized carbons (Fsp3) is 0.688. The monoisotopic (exact) mass is 276 g/mol. The van der Waals surface area contributed by atoms with Gasteiger partial charge in [0.05, 0.1) is 11.7 Å². The molecule has 2 unspecified atom stereocenters. The van der Waals surface area contributed by atoms with E-state index in [0.29, 0.717) is 0 Å². The van der Waals surface area contributed by atoms with Gasteiger partial charge in [-0.2, -0.15) is 0 Å². The lowest BCUT2D eigenvalue weighted by atomic mass is 9.99. The number of hydrogen-bond acceptors (Lipinski definition) is 4. The Morgan fingerprint density at radius 3 is 2.50 bits per heavy atom. The van der Waals surface area contributed by atoms with E-state index < -0.39 is 0 Å². The molecule has 20 heavy (non-hydrogen) atoms. The van der Waals surface area contributed by atoms with Crippen molar-refractivity contribution in [1.82, 2.24) is 14.8 Å². The normalized spacial score (nSPS) is 20.8. The molecule has 0 amide bonds. The van der Waals surface area contributed by atoms with Crippen molar-refractivity contribution < 1.29 is 0 Å². The Morgan fingerprint density at radius 1 is 1.20 bits per heavy atom. The molecule has 0 aliphatic carbocycles. The lowest BCUT2D eigenvalue weighted by Crippen LogP contribution is -2.51. The first-order valence-electron chi connectivity index (χ1n) is 7.89. The molecule has 2 heterocycles. The molecule has 0 bridgehead atoms. The molecule has 1 aliphatic heterocycles. The van der Waals surface area contributed by atoms with Crippen LogP contribution in [0.4, 0.5) is 0 Å². The van der Waals surface area contributed by atoms with Crippen LogP contribution >= 0.6 is 0 Å². The molecule has 4 nitrogen and oxygen atoms in total. The molecule has 0 saturated carbocycles. The average Bonchev–Trinajstić information content (AvgIpc) is 2.50. The van der Waals surface area contributed by atoms with E-state index in [4.69, 9.17) is 5.73 Å². The van der Waals surface area contributed by atoms with Crippen molar-refractivity contribution >= 4 is 0 Å². The standard InChI is InChI=1S/C16H28N4/c1-3-9-19-10-12-20(13-11-19)16(14(17)4-2)15-7-5-6-8-18-15/h5-8,14,16H,3-4,9-13,17H2,1-2H3. The fourth-order valence-corrected chi connectivity index (χ4v) is 3.03. The maximum atomic E-state index is 6.38. The van der Waals surface area contributed by atoms with Crippen molar-refractivity contribution in [1.29, 1.82) is 0 Å². The zero-order chi connectivity index (χ0) is 14.4. The van der Waals surface area contributed by atoms with Crippen molar-refractivity contribution in [2.75, 3.05) is 32.7 Å². The molecule has 2 rings (SSSR count). The van der Waals surface area contributed by atoms with Crippen LogP contribution < -0.4 is 5.73 Å². The van der Waals surface area contributed by atoms with Gasteiger partial charge in [0.25, 0.3) is 0 Å². The summed E-state index contributed by atoms with van der Waals surface area (Å²) in [5, 5.41) is 0. The minimum Gasteiger partial charge on any atom is -0.326 e. The Kier molecular flexibility index (Phi) is 5.95. The summed E-state index contributed by atoms with van der Waals surface area (Å²) in [5.41, 5.74) is 7.49. The van der Waals surface area contributed by atoms with E-state index in [-0.39, 0.29) is 12.1 Å². The highest BCUT2D eigenvalue weighted by Gasteiger charge is 2.29. The highest BCUT2D eigenvalue weighted by Crippen LogP contribution is 2.24. The second kappa shape index (κ2) is 7.72. The fourth-order valence-electron chi connectivity index (χ4n) is 3.03. The second-order valence-electron chi connectivity index (χ2n) is 5.65. The third-order valence-corrected chi connectivity index (χ3v) is 4.21. The molecule has 2 atom stereocenters. The maximum absolute atomic E-state index is 6.38. The van der Waals surface area contributed by atoms with Crippen LogP contribution in [-0.4, -0.2) is 53.5 Å². The van der Waals surface area contributed by atoms with Gasteiger partial charge in [-0.15, -0.1) is 0 Å². The number of rotatable bonds is 6. The Hall–Kier alpha value is -0.970. The van der Waals surface area contributed by atoms with Crippen LogP contribution in [0.3, 0.4) is 0 Å². The van der Waals surface area contributed by atoms with Gasteiger partial charge >= 0.3 is 0 Å². The summed E-state index contributed by atoms with van der Waals surface area (Å²) in [6, 6.07) is 6.55. The van der Waals surface area contributed by atoms with Crippen molar-refractivity contribution in [3.05, 3.63) is 30.1 Å². The minimum atomic E-state index is 0.155. The topological polar surface area (TPSA) is 45.4 Å². The minimum absolute atomic E-state index is 0.155. The van der Waals surface area contributed by atoms with Gasteiger partial charge in [-0.1, -0.05) is 19.9 Å². The Balaban J connectivity index is 2.05. The summed E-state index contributed by atoms with van der Waals surface area (Å²) in [4.78, 5) is 9.61. The summed E-state index contributed by atoms with van der Waals surface area (Å²) in [5.74, 6) is 0. The first kappa shape index (κ1) is 15.4. The highest BCUT2D eigenvalue weighted by molar-refractivity contribution is 5.12. The molecule has 0 spiro atoms. The van der Waals surface area contributed by atoms with Crippen LogP contribution in [0, 0.1) is 0 Å². The first-order valence-corrected chi connectivity index (χ1v) is 7.89. The van der Waals surface area contributed by atoms with Crippen LogP contribution in [0.15, 0.2) is 24.4 Å². The number of hydrogen-bond donors (Lipinski definition) is 1. The smallest absolute Gasteiger partial charge is 0.0674 e. The predicted octanol–water partition coefficient (Wildman–Crippen LogP) is 1.89. The molecule has 4 heteroatoms. The van der Waals surface area contributed by atoms with Crippen molar-refractivity contribution in [2.24, 2.45) is 5.73 Å². The molecular weight excluding hydrogens is 248 g/mol. The number of aromatic nitrogens is 1. The average molecular weight is 276 g/mol. The van der Waals surface area contributed by atoms with Gasteiger partial charge in [0, 0.05) is 38.4 Å². The predicted molar refractivity (Wildman–Crippen MR) is 83.5 cm³/mol. The molecule has 0 aromatic carbocycles. The van der Waals surface area contributed by atoms with Gasteiger partial charge < -0.3 is 10.6 Å². The van der Waals surface area contributed by atoms with E-state index in [1.54, 1.807) is 0 Å². The molecule has 1 saturated heterocycles. The van der Waals surface area contributed by atoms with E-state index in [2.05, 4.69) is 40.8 Å². The van der Waals surface area contributed by atoms with E-state index in [9.17, 15) is 0 Å². The molecular formula is C16H28N4. The molecule has 0 radical (unpaired) electrons. The number of pyridine rings is 1. The second-order valence-corrected chi connectivity index (χ2v) is 5.65. The SMILES string of the molecule is CCCN1CCN(C(c2ccccn2)C(N)CC)CC1. The summed E-state index contributed by atoms with van der Waals surface area (Å²) in [6.07, 6.45) is 4.09. The van der Waals surface area contributed by atoms with E-state index in [1.165, 1.54) is 13.0 Å². The van der Waals surface area contributed by atoms with Crippen LogP contribution in [0.1, 0.15) is 38.4 Å². The summed E-state index contributed by atoms with van der Waals surface area (Å²) in [6.45, 7) is 10.1. The largest absolute Gasteiger partial charge is 0.326 e. The van der Waals surface area contributed by atoms with E-state index in [1.807, 2.05) is 12.3 Å². The Labute approximate surface area is 123 Å². The Bertz CT molecular complexity index is 373. The Morgan fingerprint density at radius 2 is 1.95 bits per heavy atom. The zero-order valence-corrected chi connectivity index (χ0v) is 12.8. The molecule has 1 aliphatic rings. The quantitative estimate of drug-likeness (QED) is 0.862. The number of nitrogens with zero attached hydrogens (tertiary/aromatic N) is 3. The lowest BCUT2D eigenvalue weighted by Gasteiger charge is -2.41. The van der Waals surface area contributed by atoms with Crippen LogP contribution in [0.2, 0.25) is 0 Å². The molecule has 1 aromatic heterocycles. The van der Waals surface area contributed by atoms with Crippen molar-refractivity contribution in [3.8, 4) is 0 Å². The van der Waals surface area contributed by atoms with Crippen molar-refractivity contribution in [2.45, 2.75) is 38.8 Å². The molecule has 112 valence electrons. The van der Waals surface area contributed by atoms with Crippen LogP contribution in [-0.2, 0) is 0 Å². The maximum Gasteiger partial charge on any atom is 0.0674 e. The lowest BCUT2D eigenvalue weighted by molar-refractivity contribution is 0.0819. The third kappa shape index (κ3) is 3.78. The van der Waals surface area contributed by atoms with Crippen LogP contribution in [0.25, 0.3) is 0 Å². The van der Waals surface area contributed by atoms with Gasteiger partial charge in [-0.3, -0.25) is 9.88 Å². The van der Waals surface area contributed by atoms with E-state index >= 15 is 0 Å². The van der Waals surface area contributed by atoms with Gasteiger partial charge in [-0.25, -0.2) is 0 Å². The third-order valence-electron chi connectivity index (χ3n) is 4.21. The van der Waals surface area contributed by atoms with Gasteiger partial charge in [0.15, 0.2) is 0 Å². The van der Waals surface area contributed by atoms with Gasteiger partial charge in [0.2, 0.25) is 0 Å². The van der Waals surface area contributed by atoms with Gasteiger partial charge in [0.1, 0.15) is 0 Å².